The Hall–Kier alpha value is -2.32. The van der Waals surface area contributed by atoms with Gasteiger partial charge in [-0.3, -0.25) is 0 Å². The van der Waals surface area contributed by atoms with Gasteiger partial charge in [0.05, 0.1) is 24.3 Å². The fourth-order valence-corrected chi connectivity index (χ4v) is 4.92. The van der Waals surface area contributed by atoms with Crippen LogP contribution in [0.15, 0.2) is 40.8 Å². The molecule has 31 heavy (non-hydrogen) atoms. The highest BCUT2D eigenvalue weighted by Crippen LogP contribution is 2.24. The molecular weight excluding hydrogens is 408 g/mol. The first kappa shape index (κ1) is 21.9. The van der Waals surface area contributed by atoms with Crippen molar-refractivity contribution < 1.29 is 4.74 Å². The fraction of sp³-hybridized carbons (Fsp3) is 0.565. The molecule has 1 unspecified atom stereocenters. The summed E-state index contributed by atoms with van der Waals surface area (Å²) in [4.78, 5) is 14.2. The molecule has 0 aliphatic carbocycles. The number of pyridine rings is 1. The van der Waals surface area contributed by atoms with E-state index in [1.54, 1.807) is 0 Å². The number of nitrogens with one attached hydrogen (secondary N) is 2. The number of guanidine groups is 1. The van der Waals surface area contributed by atoms with Crippen molar-refractivity contribution in [2.24, 2.45) is 4.99 Å². The summed E-state index contributed by atoms with van der Waals surface area (Å²) in [6, 6.07) is 9.01. The molecule has 1 atom stereocenters. The van der Waals surface area contributed by atoms with Crippen LogP contribution in [0.5, 0.6) is 0 Å². The van der Waals surface area contributed by atoms with Gasteiger partial charge in [0.2, 0.25) is 0 Å². The number of morpholine rings is 1. The first-order valence-electron chi connectivity index (χ1n) is 11.4. The Bertz CT molecular complexity index is 834. The number of ether oxygens (including phenoxy) is 1. The van der Waals surface area contributed by atoms with Crippen molar-refractivity contribution in [3.05, 3.63) is 41.4 Å². The van der Waals surface area contributed by atoms with Gasteiger partial charge in [0.25, 0.3) is 0 Å². The molecule has 7 nitrogen and oxygen atoms in total. The fourth-order valence-electron chi connectivity index (χ4n) is 4.14. The number of hydrogen-bond donors (Lipinski definition) is 2. The predicted octanol–water partition coefficient (Wildman–Crippen LogP) is 3.09. The van der Waals surface area contributed by atoms with Crippen LogP contribution >= 0.6 is 11.3 Å². The lowest BCUT2D eigenvalue weighted by Gasteiger charge is -2.33. The summed E-state index contributed by atoms with van der Waals surface area (Å²) in [6.45, 7) is 10.4. The SMILES string of the molecule is CCNC(=NCc1ccnc(N2CCOC(C)C2)c1)NC1CCN(c2cccs2)CC1. The summed E-state index contributed by atoms with van der Waals surface area (Å²) in [7, 11) is 0. The Morgan fingerprint density at radius 2 is 2.13 bits per heavy atom. The molecule has 2 aromatic heterocycles. The van der Waals surface area contributed by atoms with Crippen LogP contribution in [-0.2, 0) is 11.3 Å². The Labute approximate surface area is 189 Å². The van der Waals surface area contributed by atoms with Gasteiger partial charge in [-0.25, -0.2) is 9.98 Å². The lowest BCUT2D eigenvalue weighted by atomic mass is 10.1. The molecule has 2 N–H and O–H groups in total. The molecule has 2 aliphatic rings. The van der Waals surface area contributed by atoms with Crippen molar-refractivity contribution in [1.29, 1.82) is 0 Å². The molecule has 0 spiro atoms. The van der Waals surface area contributed by atoms with Crippen molar-refractivity contribution in [2.45, 2.75) is 45.4 Å². The van der Waals surface area contributed by atoms with Gasteiger partial charge in [0, 0.05) is 45.0 Å². The van der Waals surface area contributed by atoms with Gasteiger partial charge in [0.1, 0.15) is 5.82 Å². The van der Waals surface area contributed by atoms with Crippen LogP contribution in [0.2, 0.25) is 0 Å². The third-order valence-electron chi connectivity index (χ3n) is 5.79. The van der Waals surface area contributed by atoms with Crippen LogP contribution in [0.1, 0.15) is 32.3 Å². The van der Waals surface area contributed by atoms with E-state index < -0.39 is 0 Å². The third-order valence-corrected chi connectivity index (χ3v) is 6.72. The average Bonchev–Trinajstić information content (AvgIpc) is 3.33. The van der Waals surface area contributed by atoms with Gasteiger partial charge in [0.15, 0.2) is 5.96 Å². The maximum atomic E-state index is 5.66. The van der Waals surface area contributed by atoms with E-state index in [2.05, 4.69) is 68.9 Å². The minimum Gasteiger partial charge on any atom is -0.375 e. The topological polar surface area (TPSA) is 65.0 Å². The van der Waals surface area contributed by atoms with Crippen LogP contribution in [0.25, 0.3) is 0 Å². The van der Waals surface area contributed by atoms with Crippen LogP contribution in [0.4, 0.5) is 10.8 Å². The molecule has 2 aromatic rings. The van der Waals surface area contributed by atoms with Crippen molar-refractivity contribution in [2.75, 3.05) is 49.1 Å². The first-order valence-corrected chi connectivity index (χ1v) is 12.2. The Morgan fingerprint density at radius 3 is 2.87 bits per heavy atom. The molecule has 4 heterocycles. The summed E-state index contributed by atoms with van der Waals surface area (Å²) in [5.41, 5.74) is 1.17. The average molecular weight is 443 g/mol. The molecule has 2 saturated heterocycles. The minimum absolute atomic E-state index is 0.244. The largest absolute Gasteiger partial charge is 0.375 e. The van der Waals surface area contributed by atoms with Gasteiger partial charge in [-0.05, 0) is 61.9 Å². The zero-order valence-electron chi connectivity index (χ0n) is 18.6. The second kappa shape index (κ2) is 10.8. The lowest BCUT2D eigenvalue weighted by molar-refractivity contribution is 0.0529. The second-order valence-corrected chi connectivity index (χ2v) is 9.13. The number of thiophene rings is 1. The maximum absolute atomic E-state index is 5.66. The maximum Gasteiger partial charge on any atom is 0.191 e. The van der Waals surface area contributed by atoms with Gasteiger partial charge in [-0.2, -0.15) is 0 Å². The zero-order valence-corrected chi connectivity index (χ0v) is 19.4. The monoisotopic (exact) mass is 442 g/mol. The number of aromatic nitrogens is 1. The van der Waals surface area contributed by atoms with Crippen molar-refractivity contribution >= 4 is 28.1 Å². The van der Waals surface area contributed by atoms with Gasteiger partial charge < -0.3 is 25.2 Å². The van der Waals surface area contributed by atoms with Crippen molar-refractivity contribution in [1.82, 2.24) is 15.6 Å². The lowest BCUT2D eigenvalue weighted by Crippen LogP contribution is -2.48. The van der Waals surface area contributed by atoms with Crippen LogP contribution < -0.4 is 20.4 Å². The number of rotatable bonds is 6. The molecule has 2 aliphatic heterocycles. The summed E-state index contributed by atoms with van der Waals surface area (Å²) in [6.07, 6.45) is 4.38. The number of hydrogen-bond acceptors (Lipinski definition) is 6. The van der Waals surface area contributed by atoms with E-state index in [1.807, 2.05) is 17.5 Å². The zero-order chi connectivity index (χ0) is 21.5. The smallest absolute Gasteiger partial charge is 0.191 e. The van der Waals surface area contributed by atoms with E-state index in [0.717, 1.165) is 63.9 Å². The number of aliphatic imine (C=N–C) groups is 1. The standard InChI is InChI=1S/C23H34N6OS/c1-3-24-23(27-20-7-10-28(11-8-20)22-5-4-14-31-22)26-16-19-6-9-25-21(15-19)29-12-13-30-18(2)17-29/h4-6,9,14-15,18,20H,3,7-8,10-13,16-17H2,1-2H3,(H2,24,26,27). The summed E-state index contributed by atoms with van der Waals surface area (Å²) in [5, 5.41) is 10.6. The highest BCUT2D eigenvalue weighted by molar-refractivity contribution is 7.14. The van der Waals surface area contributed by atoms with Gasteiger partial charge in [-0.1, -0.05) is 0 Å². The molecule has 8 heteroatoms. The van der Waals surface area contributed by atoms with E-state index in [-0.39, 0.29) is 6.10 Å². The summed E-state index contributed by atoms with van der Waals surface area (Å²) >= 11 is 1.82. The summed E-state index contributed by atoms with van der Waals surface area (Å²) < 4.78 is 5.66. The number of nitrogens with zero attached hydrogens (tertiary/aromatic N) is 4. The Kier molecular flexibility index (Phi) is 7.64. The number of piperidine rings is 1. The van der Waals surface area contributed by atoms with Crippen molar-refractivity contribution in [3.63, 3.8) is 0 Å². The predicted molar refractivity (Wildman–Crippen MR) is 129 cm³/mol. The highest BCUT2D eigenvalue weighted by Gasteiger charge is 2.21. The molecule has 0 aromatic carbocycles. The van der Waals surface area contributed by atoms with E-state index in [9.17, 15) is 0 Å². The molecule has 0 saturated carbocycles. The van der Waals surface area contributed by atoms with Crippen LogP contribution in [0, 0.1) is 0 Å². The molecule has 168 valence electrons. The molecule has 2 fully saturated rings. The molecule has 0 amide bonds. The minimum atomic E-state index is 0.244. The Balaban J connectivity index is 1.33. The Morgan fingerprint density at radius 1 is 1.26 bits per heavy atom. The van der Waals surface area contributed by atoms with E-state index in [1.165, 1.54) is 10.6 Å². The van der Waals surface area contributed by atoms with Gasteiger partial charge in [-0.15, -0.1) is 11.3 Å². The molecule has 4 rings (SSSR count). The summed E-state index contributed by atoms with van der Waals surface area (Å²) in [5.74, 6) is 1.91. The molecular formula is C23H34N6OS. The second-order valence-electron chi connectivity index (χ2n) is 8.20. The third kappa shape index (κ3) is 6.11. The normalized spacial score (nSPS) is 20.7. The van der Waals surface area contributed by atoms with Gasteiger partial charge >= 0.3 is 0 Å². The van der Waals surface area contributed by atoms with E-state index >= 15 is 0 Å². The van der Waals surface area contributed by atoms with E-state index in [0.29, 0.717) is 12.6 Å². The molecule has 0 radical (unpaired) electrons. The van der Waals surface area contributed by atoms with Crippen molar-refractivity contribution in [3.8, 4) is 0 Å². The van der Waals surface area contributed by atoms with E-state index in [4.69, 9.17) is 9.73 Å². The number of anilines is 2. The quantitative estimate of drug-likeness (QED) is 0.529. The highest BCUT2D eigenvalue weighted by atomic mass is 32.1. The van der Waals surface area contributed by atoms with Crippen LogP contribution in [0.3, 0.4) is 0 Å². The van der Waals surface area contributed by atoms with Crippen LogP contribution in [-0.4, -0.2) is 62.4 Å². The molecule has 0 bridgehead atoms. The first-order chi connectivity index (χ1) is 15.2.